The molecule has 0 aromatic carbocycles. The first-order valence-electron chi connectivity index (χ1n) is 5.84. The second-order valence-corrected chi connectivity index (χ2v) is 3.99. The molecule has 0 atom stereocenters. The molecular formula is C13H17ClN4. The lowest BCUT2D eigenvalue weighted by Crippen LogP contribution is -3.00. The van der Waals surface area contributed by atoms with Gasteiger partial charge in [0.2, 0.25) is 0 Å². The maximum atomic E-state index is 5.94. The van der Waals surface area contributed by atoms with Crippen molar-refractivity contribution in [2.45, 2.75) is 26.3 Å². The summed E-state index contributed by atoms with van der Waals surface area (Å²) in [6.45, 7) is 2.81. The van der Waals surface area contributed by atoms with Crippen LogP contribution >= 0.6 is 0 Å². The quantitative estimate of drug-likeness (QED) is 0.674. The molecule has 2 rings (SSSR count). The number of aromatic nitrogens is 3. The number of aryl methyl sites for hydroxylation is 1. The maximum absolute atomic E-state index is 5.94. The molecule has 4 nitrogen and oxygen atoms in total. The summed E-state index contributed by atoms with van der Waals surface area (Å²) in [7, 11) is 0. The van der Waals surface area contributed by atoms with Gasteiger partial charge in [-0.25, -0.2) is 14.5 Å². The van der Waals surface area contributed by atoms with Crippen LogP contribution in [0.4, 0.5) is 5.82 Å². The number of pyridine rings is 1. The van der Waals surface area contributed by atoms with E-state index in [4.69, 9.17) is 5.73 Å². The largest absolute Gasteiger partial charge is 1.00 e. The molecule has 0 unspecified atom stereocenters. The third-order valence-corrected chi connectivity index (χ3v) is 2.55. The van der Waals surface area contributed by atoms with Crippen LogP contribution in [0.3, 0.4) is 0 Å². The maximum Gasteiger partial charge on any atom is 0.178 e. The fourth-order valence-corrected chi connectivity index (χ4v) is 1.66. The predicted molar refractivity (Wildman–Crippen MR) is 66.2 cm³/mol. The SMILES string of the molecule is CCCc1ncc(C[n+]2ccccc2)c(N)n1.[Cl-]. The molecule has 0 aliphatic carbocycles. The standard InChI is InChI=1S/C13H17N4.ClH/c1-2-6-12-15-9-11(13(14)16-12)10-17-7-4-3-5-8-17;/h3-5,7-9H,2,6,10H2,1H3,(H2,14,15,16);1H/q+1;/p-1. The van der Waals surface area contributed by atoms with Crippen molar-refractivity contribution in [1.82, 2.24) is 9.97 Å². The van der Waals surface area contributed by atoms with E-state index in [1.807, 2.05) is 36.8 Å². The Morgan fingerprint density at radius 1 is 1.22 bits per heavy atom. The van der Waals surface area contributed by atoms with Crippen molar-refractivity contribution in [2.75, 3.05) is 5.73 Å². The predicted octanol–water partition coefficient (Wildman–Crippen LogP) is -1.65. The van der Waals surface area contributed by atoms with Crippen LogP contribution in [0.15, 0.2) is 36.8 Å². The third kappa shape index (κ3) is 3.67. The lowest BCUT2D eigenvalue weighted by molar-refractivity contribution is -0.688. The minimum absolute atomic E-state index is 0. The number of nitrogen functional groups attached to an aromatic ring is 1. The Hall–Kier alpha value is -1.68. The molecule has 0 spiro atoms. The summed E-state index contributed by atoms with van der Waals surface area (Å²) in [5.74, 6) is 1.41. The van der Waals surface area contributed by atoms with E-state index in [9.17, 15) is 0 Å². The van der Waals surface area contributed by atoms with Gasteiger partial charge in [0.15, 0.2) is 18.9 Å². The van der Waals surface area contributed by atoms with E-state index in [1.54, 1.807) is 0 Å². The molecule has 0 radical (unpaired) electrons. The van der Waals surface area contributed by atoms with Crippen LogP contribution in [0.2, 0.25) is 0 Å². The van der Waals surface area contributed by atoms with Crippen LogP contribution in [-0.4, -0.2) is 9.97 Å². The fourth-order valence-electron chi connectivity index (χ4n) is 1.66. The molecule has 0 aliphatic rings. The summed E-state index contributed by atoms with van der Waals surface area (Å²) in [4.78, 5) is 8.63. The number of halogens is 1. The van der Waals surface area contributed by atoms with Crippen molar-refractivity contribution in [2.24, 2.45) is 0 Å². The molecule has 2 aromatic rings. The smallest absolute Gasteiger partial charge is 0.178 e. The van der Waals surface area contributed by atoms with Crippen LogP contribution in [0.25, 0.3) is 0 Å². The highest BCUT2D eigenvalue weighted by Crippen LogP contribution is 2.07. The number of anilines is 1. The molecule has 18 heavy (non-hydrogen) atoms. The Kier molecular flexibility index (Phi) is 5.52. The molecule has 0 fully saturated rings. The number of nitrogens with two attached hydrogens (primary N) is 1. The van der Waals surface area contributed by atoms with E-state index in [2.05, 4.69) is 21.5 Å². The molecule has 2 heterocycles. The van der Waals surface area contributed by atoms with Gasteiger partial charge < -0.3 is 18.1 Å². The van der Waals surface area contributed by atoms with Crippen LogP contribution in [-0.2, 0) is 13.0 Å². The summed E-state index contributed by atoms with van der Waals surface area (Å²) in [6.07, 6.45) is 7.74. The van der Waals surface area contributed by atoms with E-state index in [0.717, 1.165) is 24.2 Å². The van der Waals surface area contributed by atoms with Gasteiger partial charge in [-0.05, 0) is 6.42 Å². The lowest BCUT2D eigenvalue weighted by Gasteiger charge is -2.03. The molecule has 0 amide bonds. The first-order valence-corrected chi connectivity index (χ1v) is 5.84. The van der Waals surface area contributed by atoms with E-state index < -0.39 is 0 Å². The van der Waals surface area contributed by atoms with E-state index >= 15 is 0 Å². The Balaban J connectivity index is 0.00000162. The highest BCUT2D eigenvalue weighted by atomic mass is 35.5. The summed E-state index contributed by atoms with van der Waals surface area (Å²) in [5, 5.41) is 0. The second-order valence-electron chi connectivity index (χ2n) is 3.99. The van der Waals surface area contributed by atoms with Gasteiger partial charge >= 0.3 is 0 Å². The molecule has 0 saturated carbocycles. The third-order valence-electron chi connectivity index (χ3n) is 2.55. The minimum Gasteiger partial charge on any atom is -1.00 e. The molecule has 0 saturated heterocycles. The van der Waals surface area contributed by atoms with Gasteiger partial charge in [-0.3, -0.25) is 0 Å². The Morgan fingerprint density at radius 3 is 2.56 bits per heavy atom. The number of nitrogens with zero attached hydrogens (tertiary/aromatic N) is 3. The first kappa shape index (κ1) is 14.4. The average molecular weight is 265 g/mol. The van der Waals surface area contributed by atoms with Crippen LogP contribution in [0.1, 0.15) is 24.7 Å². The summed E-state index contributed by atoms with van der Waals surface area (Å²) in [6, 6.07) is 5.96. The number of rotatable bonds is 4. The molecule has 0 bridgehead atoms. The second kappa shape index (κ2) is 6.91. The van der Waals surface area contributed by atoms with E-state index in [0.29, 0.717) is 12.4 Å². The van der Waals surface area contributed by atoms with E-state index in [1.165, 1.54) is 0 Å². The van der Waals surface area contributed by atoms with Crippen molar-refractivity contribution in [1.29, 1.82) is 0 Å². The summed E-state index contributed by atoms with van der Waals surface area (Å²) in [5.41, 5.74) is 6.89. The lowest BCUT2D eigenvalue weighted by atomic mass is 10.2. The molecule has 2 N–H and O–H groups in total. The van der Waals surface area contributed by atoms with Crippen molar-refractivity contribution >= 4 is 5.82 Å². The zero-order valence-corrected chi connectivity index (χ0v) is 11.1. The van der Waals surface area contributed by atoms with Gasteiger partial charge in [-0.15, -0.1) is 0 Å². The average Bonchev–Trinajstić information content (AvgIpc) is 2.34. The van der Waals surface area contributed by atoms with Crippen LogP contribution in [0, 0.1) is 0 Å². The van der Waals surface area contributed by atoms with Crippen molar-refractivity contribution in [3.8, 4) is 0 Å². The Bertz CT molecular complexity index is 488. The number of hydrogen-bond acceptors (Lipinski definition) is 3. The Morgan fingerprint density at radius 2 is 1.94 bits per heavy atom. The van der Waals surface area contributed by atoms with Gasteiger partial charge in [0.05, 0.1) is 5.56 Å². The van der Waals surface area contributed by atoms with Crippen molar-refractivity contribution in [3.63, 3.8) is 0 Å². The first-order chi connectivity index (χ1) is 8.29. The minimum atomic E-state index is 0. The monoisotopic (exact) mass is 264 g/mol. The summed E-state index contributed by atoms with van der Waals surface area (Å²) >= 11 is 0. The normalized spacial score (nSPS) is 9.83. The Labute approximate surface area is 113 Å². The van der Waals surface area contributed by atoms with Gasteiger partial charge in [0.1, 0.15) is 11.6 Å². The zero-order valence-electron chi connectivity index (χ0n) is 10.4. The molecule has 2 aromatic heterocycles. The topological polar surface area (TPSA) is 55.7 Å². The molecule has 96 valence electrons. The fraction of sp³-hybridized carbons (Fsp3) is 0.308. The van der Waals surface area contributed by atoms with Gasteiger partial charge in [-0.2, -0.15) is 0 Å². The summed E-state index contributed by atoms with van der Waals surface area (Å²) < 4.78 is 2.05. The highest BCUT2D eigenvalue weighted by molar-refractivity contribution is 5.36. The van der Waals surface area contributed by atoms with Crippen LogP contribution in [0.5, 0.6) is 0 Å². The van der Waals surface area contributed by atoms with Crippen molar-refractivity contribution < 1.29 is 17.0 Å². The van der Waals surface area contributed by atoms with Gasteiger partial charge in [0, 0.05) is 24.8 Å². The highest BCUT2D eigenvalue weighted by Gasteiger charge is 2.08. The molecular weight excluding hydrogens is 248 g/mol. The van der Waals surface area contributed by atoms with Gasteiger partial charge in [-0.1, -0.05) is 13.0 Å². The zero-order chi connectivity index (χ0) is 12.1. The number of hydrogen-bond donors (Lipinski definition) is 1. The molecule has 5 heteroatoms. The molecule has 0 aliphatic heterocycles. The van der Waals surface area contributed by atoms with Gasteiger partial charge in [0.25, 0.3) is 0 Å². The van der Waals surface area contributed by atoms with E-state index in [-0.39, 0.29) is 12.4 Å². The van der Waals surface area contributed by atoms with Crippen LogP contribution < -0.4 is 22.7 Å². The van der Waals surface area contributed by atoms with Crippen molar-refractivity contribution in [3.05, 3.63) is 48.2 Å².